The second-order valence-corrected chi connectivity index (χ2v) is 6.76. The van der Waals surface area contributed by atoms with Crippen molar-refractivity contribution in [2.24, 2.45) is 0 Å². The molecule has 0 spiro atoms. The molecule has 1 aromatic rings. The van der Waals surface area contributed by atoms with Gasteiger partial charge in [0.05, 0.1) is 9.85 Å². The molecule has 0 unspecified atom stereocenters. The van der Waals surface area contributed by atoms with Crippen molar-refractivity contribution in [3.8, 4) is 0 Å². The van der Waals surface area contributed by atoms with Gasteiger partial charge in [0, 0.05) is 6.07 Å². The normalized spacial score (nSPS) is 10.7. The van der Waals surface area contributed by atoms with Crippen molar-refractivity contribution in [1.82, 2.24) is 0 Å². The Morgan fingerprint density at radius 2 is 1.41 bits per heavy atom. The summed E-state index contributed by atoms with van der Waals surface area (Å²) in [5, 5.41) is 31.3. The Labute approximate surface area is 158 Å². The van der Waals surface area contributed by atoms with Gasteiger partial charge in [-0.05, 0) is 24.5 Å². The Balaban J connectivity index is 2.55. The van der Waals surface area contributed by atoms with E-state index in [1.54, 1.807) is 0 Å². The molecule has 0 atom stereocenters. The first kappa shape index (κ1) is 22.5. The Hall–Kier alpha value is -2.51. The third-order valence-corrected chi connectivity index (χ3v) is 4.58. The summed E-state index contributed by atoms with van der Waals surface area (Å²) in [5.74, 6) is -1.53. The van der Waals surface area contributed by atoms with Gasteiger partial charge < -0.3 is 5.11 Å². The molecule has 8 nitrogen and oxygen atoms in total. The fourth-order valence-electron chi connectivity index (χ4n) is 3.13. The summed E-state index contributed by atoms with van der Waals surface area (Å²) in [6.45, 7) is 2.19. The topological polar surface area (TPSA) is 124 Å². The standard InChI is InChI=1S/C19H28N2O6/c1-2-3-4-5-6-7-8-9-10-11-12-15-13-16(19(22)23)18(21(26)27)17(14-15)20(24)25/h13-14H,2-12H2,1H3,(H,22,23). The molecule has 0 heterocycles. The summed E-state index contributed by atoms with van der Waals surface area (Å²) in [6.07, 6.45) is 11.9. The first-order valence-corrected chi connectivity index (χ1v) is 9.57. The van der Waals surface area contributed by atoms with Gasteiger partial charge in [-0.3, -0.25) is 20.2 Å². The monoisotopic (exact) mass is 380 g/mol. The molecule has 0 saturated heterocycles. The van der Waals surface area contributed by atoms with E-state index >= 15 is 0 Å². The number of carboxylic acid groups (broad SMARTS) is 1. The fourth-order valence-corrected chi connectivity index (χ4v) is 3.13. The average molecular weight is 380 g/mol. The molecule has 0 aliphatic heterocycles. The van der Waals surface area contributed by atoms with E-state index < -0.39 is 32.8 Å². The summed E-state index contributed by atoms with van der Waals surface area (Å²) in [4.78, 5) is 31.5. The summed E-state index contributed by atoms with van der Waals surface area (Å²) in [6, 6.07) is 2.31. The lowest BCUT2D eigenvalue weighted by molar-refractivity contribution is -0.422. The molecule has 8 heteroatoms. The first-order chi connectivity index (χ1) is 12.9. The summed E-state index contributed by atoms with van der Waals surface area (Å²) < 4.78 is 0. The number of benzene rings is 1. The van der Waals surface area contributed by atoms with E-state index in [1.165, 1.54) is 44.6 Å². The Morgan fingerprint density at radius 1 is 0.889 bits per heavy atom. The van der Waals surface area contributed by atoms with E-state index in [0.29, 0.717) is 12.0 Å². The van der Waals surface area contributed by atoms with Gasteiger partial charge in [0.1, 0.15) is 5.56 Å². The number of rotatable bonds is 14. The van der Waals surface area contributed by atoms with Crippen molar-refractivity contribution < 1.29 is 19.7 Å². The van der Waals surface area contributed by atoms with Crippen LogP contribution in [0.1, 0.15) is 87.1 Å². The third kappa shape index (κ3) is 7.72. The maximum atomic E-state index is 11.3. The first-order valence-electron chi connectivity index (χ1n) is 9.57. The number of nitro benzene ring substituents is 2. The SMILES string of the molecule is CCCCCCCCCCCCc1cc(C(=O)O)c([N+](=O)[O-])c([N+](=O)[O-])c1. The van der Waals surface area contributed by atoms with Crippen LogP contribution in [-0.2, 0) is 6.42 Å². The molecule has 0 aliphatic rings. The van der Waals surface area contributed by atoms with Gasteiger partial charge >= 0.3 is 17.3 Å². The third-order valence-electron chi connectivity index (χ3n) is 4.58. The lowest BCUT2D eigenvalue weighted by Gasteiger charge is -2.06. The molecular weight excluding hydrogens is 352 g/mol. The van der Waals surface area contributed by atoms with Crippen LogP contribution in [-0.4, -0.2) is 20.9 Å². The molecule has 0 radical (unpaired) electrons. The summed E-state index contributed by atoms with van der Waals surface area (Å²) in [7, 11) is 0. The number of carboxylic acids is 1. The number of hydrogen-bond acceptors (Lipinski definition) is 5. The zero-order valence-corrected chi connectivity index (χ0v) is 15.8. The van der Waals surface area contributed by atoms with Gasteiger partial charge in [0.25, 0.3) is 0 Å². The van der Waals surface area contributed by atoms with E-state index in [4.69, 9.17) is 5.11 Å². The fraction of sp³-hybridized carbons (Fsp3) is 0.632. The van der Waals surface area contributed by atoms with E-state index in [2.05, 4.69) is 6.92 Å². The largest absolute Gasteiger partial charge is 0.477 e. The number of carbonyl (C=O) groups is 1. The number of aryl methyl sites for hydroxylation is 1. The van der Waals surface area contributed by atoms with E-state index in [-0.39, 0.29) is 0 Å². The Kier molecular flexibility index (Phi) is 10.00. The van der Waals surface area contributed by atoms with Crippen LogP contribution in [0.5, 0.6) is 0 Å². The van der Waals surface area contributed by atoms with Crippen LogP contribution in [0.4, 0.5) is 11.4 Å². The number of hydrogen-bond donors (Lipinski definition) is 1. The molecule has 0 bridgehead atoms. The van der Waals surface area contributed by atoms with Crippen LogP contribution in [0.3, 0.4) is 0 Å². The Morgan fingerprint density at radius 3 is 1.85 bits per heavy atom. The second-order valence-electron chi connectivity index (χ2n) is 6.76. The predicted molar refractivity (Wildman–Crippen MR) is 102 cm³/mol. The van der Waals surface area contributed by atoms with Crippen LogP contribution >= 0.6 is 0 Å². The van der Waals surface area contributed by atoms with Crippen LogP contribution < -0.4 is 0 Å². The molecule has 27 heavy (non-hydrogen) atoms. The second kappa shape index (κ2) is 12.0. The molecule has 0 aromatic heterocycles. The van der Waals surface area contributed by atoms with Gasteiger partial charge in [0.15, 0.2) is 0 Å². The minimum Gasteiger partial charge on any atom is -0.477 e. The van der Waals surface area contributed by atoms with Gasteiger partial charge in [0.2, 0.25) is 0 Å². The highest BCUT2D eigenvalue weighted by Crippen LogP contribution is 2.33. The highest BCUT2D eigenvalue weighted by atomic mass is 16.6. The lowest BCUT2D eigenvalue weighted by Crippen LogP contribution is -2.07. The van der Waals surface area contributed by atoms with Crippen LogP contribution in [0.15, 0.2) is 12.1 Å². The van der Waals surface area contributed by atoms with Crippen molar-refractivity contribution in [3.63, 3.8) is 0 Å². The zero-order chi connectivity index (χ0) is 20.2. The molecule has 0 fully saturated rings. The van der Waals surface area contributed by atoms with E-state index in [9.17, 15) is 25.0 Å². The van der Waals surface area contributed by atoms with Crippen molar-refractivity contribution in [2.45, 2.75) is 77.6 Å². The van der Waals surface area contributed by atoms with Gasteiger partial charge in [-0.25, -0.2) is 4.79 Å². The molecule has 0 saturated carbocycles. The molecular formula is C19H28N2O6. The van der Waals surface area contributed by atoms with Crippen molar-refractivity contribution >= 4 is 17.3 Å². The maximum Gasteiger partial charge on any atom is 0.360 e. The van der Waals surface area contributed by atoms with Crippen molar-refractivity contribution in [1.29, 1.82) is 0 Å². The minimum absolute atomic E-state index is 0.448. The highest BCUT2D eigenvalue weighted by molar-refractivity contribution is 5.94. The van der Waals surface area contributed by atoms with Crippen molar-refractivity contribution in [3.05, 3.63) is 43.5 Å². The highest BCUT2D eigenvalue weighted by Gasteiger charge is 2.32. The Bertz CT molecular complexity index is 625. The molecule has 1 N–H and O–H groups in total. The smallest absolute Gasteiger partial charge is 0.360 e. The predicted octanol–water partition coefficient (Wildman–Crippen LogP) is 5.66. The number of nitro groups is 2. The molecule has 0 amide bonds. The van der Waals surface area contributed by atoms with Gasteiger partial charge in [-0.2, -0.15) is 0 Å². The number of unbranched alkanes of at least 4 members (excludes halogenated alkanes) is 9. The van der Waals surface area contributed by atoms with Crippen LogP contribution in [0.2, 0.25) is 0 Å². The van der Waals surface area contributed by atoms with Crippen LogP contribution in [0, 0.1) is 20.2 Å². The number of aromatic carboxylic acids is 1. The summed E-state index contributed by atoms with van der Waals surface area (Å²) >= 11 is 0. The molecule has 1 rings (SSSR count). The average Bonchev–Trinajstić information content (AvgIpc) is 2.62. The van der Waals surface area contributed by atoms with Crippen LogP contribution in [0.25, 0.3) is 0 Å². The molecule has 150 valence electrons. The zero-order valence-electron chi connectivity index (χ0n) is 15.8. The molecule has 0 aliphatic carbocycles. The van der Waals surface area contributed by atoms with Gasteiger partial charge in [-0.1, -0.05) is 64.7 Å². The lowest BCUT2D eigenvalue weighted by atomic mass is 10.0. The van der Waals surface area contributed by atoms with E-state index in [1.807, 2.05) is 0 Å². The van der Waals surface area contributed by atoms with Crippen molar-refractivity contribution in [2.75, 3.05) is 0 Å². The molecule has 1 aromatic carbocycles. The number of nitrogens with zero attached hydrogens (tertiary/aromatic N) is 2. The maximum absolute atomic E-state index is 11.3. The quantitative estimate of drug-likeness (QED) is 0.252. The van der Waals surface area contributed by atoms with E-state index in [0.717, 1.165) is 31.7 Å². The minimum atomic E-state index is -1.53. The van der Waals surface area contributed by atoms with Gasteiger partial charge in [-0.15, -0.1) is 0 Å². The summed E-state index contributed by atoms with van der Waals surface area (Å²) in [5.41, 5.74) is -1.90.